The number of benzene rings is 1. The molecule has 108 valence electrons. The van der Waals surface area contributed by atoms with Crippen LogP contribution >= 0.6 is 0 Å². The lowest BCUT2D eigenvalue weighted by Gasteiger charge is -2.20. The van der Waals surface area contributed by atoms with Crippen molar-refractivity contribution in [2.24, 2.45) is 7.05 Å². The first-order valence-electron chi connectivity index (χ1n) is 7.11. The van der Waals surface area contributed by atoms with Gasteiger partial charge in [-0.15, -0.1) is 0 Å². The Kier molecular flexibility index (Phi) is 4.32. The predicted octanol–water partition coefficient (Wildman–Crippen LogP) is 2.90. The number of rotatable bonds is 5. The fourth-order valence-electron chi connectivity index (χ4n) is 2.62. The molecule has 0 unspecified atom stereocenters. The van der Waals surface area contributed by atoms with Gasteiger partial charge in [-0.1, -0.05) is 43.2 Å². The van der Waals surface area contributed by atoms with Gasteiger partial charge >= 0.3 is 0 Å². The molecule has 0 saturated heterocycles. The van der Waals surface area contributed by atoms with Crippen molar-refractivity contribution in [2.45, 2.75) is 33.2 Å². The minimum atomic E-state index is 0.810. The molecule has 0 saturated carbocycles. The predicted molar refractivity (Wildman–Crippen MR) is 84.9 cm³/mol. The second kappa shape index (κ2) is 5.99. The van der Waals surface area contributed by atoms with E-state index in [-0.39, 0.29) is 0 Å². The van der Waals surface area contributed by atoms with E-state index >= 15 is 0 Å². The molecule has 20 heavy (non-hydrogen) atoms. The second-order valence-electron chi connectivity index (χ2n) is 5.40. The van der Waals surface area contributed by atoms with E-state index in [0.29, 0.717) is 0 Å². The third kappa shape index (κ3) is 2.95. The Morgan fingerprint density at radius 2 is 2.10 bits per heavy atom. The van der Waals surface area contributed by atoms with Crippen molar-refractivity contribution in [2.75, 3.05) is 17.7 Å². The average molecular weight is 272 g/mol. The highest BCUT2D eigenvalue weighted by Crippen LogP contribution is 2.27. The number of anilines is 2. The fourth-order valence-corrected chi connectivity index (χ4v) is 2.62. The molecular weight excluding hydrogens is 248 g/mol. The van der Waals surface area contributed by atoms with Crippen LogP contribution in [0.3, 0.4) is 0 Å². The summed E-state index contributed by atoms with van der Waals surface area (Å²) in [6.07, 6.45) is 1.99. The molecule has 0 aliphatic heterocycles. The largest absolute Gasteiger partial charge is 0.394 e. The van der Waals surface area contributed by atoms with Gasteiger partial charge in [0.15, 0.2) is 0 Å². The second-order valence-corrected chi connectivity index (χ2v) is 5.40. The van der Waals surface area contributed by atoms with Crippen LogP contribution in [0.5, 0.6) is 0 Å². The van der Waals surface area contributed by atoms with Crippen LogP contribution in [0.2, 0.25) is 0 Å². The van der Waals surface area contributed by atoms with Crippen molar-refractivity contribution in [1.29, 1.82) is 0 Å². The lowest BCUT2D eigenvalue weighted by atomic mass is 10.1. The van der Waals surface area contributed by atoms with E-state index in [0.717, 1.165) is 36.6 Å². The van der Waals surface area contributed by atoms with Gasteiger partial charge < -0.3 is 10.6 Å². The number of hydrogen-bond acceptors (Lipinski definition) is 3. The van der Waals surface area contributed by atoms with Crippen LogP contribution in [-0.2, 0) is 20.0 Å². The van der Waals surface area contributed by atoms with Gasteiger partial charge in [-0.05, 0) is 18.9 Å². The lowest BCUT2D eigenvalue weighted by Crippen LogP contribution is -2.20. The summed E-state index contributed by atoms with van der Waals surface area (Å²) in [5.74, 6) is 0.995. The van der Waals surface area contributed by atoms with Crippen molar-refractivity contribution < 1.29 is 0 Å². The highest BCUT2D eigenvalue weighted by atomic mass is 15.4. The molecule has 0 spiro atoms. The summed E-state index contributed by atoms with van der Waals surface area (Å²) >= 11 is 0. The zero-order chi connectivity index (χ0) is 14.7. The van der Waals surface area contributed by atoms with E-state index in [1.807, 2.05) is 11.7 Å². The van der Waals surface area contributed by atoms with Gasteiger partial charge in [0, 0.05) is 20.6 Å². The van der Waals surface area contributed by atoms with Gasteiger partial charge in [0.2, 0.25) is 0 Å². The van der Waals surface area contributed by atoms with Gasteiger partial charge in [-0.3, -0.25) is 4.68 Å². The minimum absolute atomic E-state index is 0.810. The van der Waals surface area contributed by atoms with Crippen LogP contribution in [0.1, 0.15) is 30.2 Å². The molecule has 0 aliphatic rings. The maximum atomic E-state index is 6.25. The van der Waals surface area contributed by atoms with Gasteiger partial charge in [0.25, 0.3) is 0 Å². The number of hydrogen-bond donors (Lipinski definition) is 1. The van der Waals surface area contributed by atoms with E-state index < -0.39 is 0 Å². The molecule has 0 aliphatic carbocycles. The number of nitrogens with two attached hydrogens (primary N) is 1. The zero-order valence-electron chi connectivity index (χ0n) is 12.8. The Hall–Kier alpha value is -1.97. The maximum Gasteiger partial charge on any atom is 0.150 e. The van der Waals surface area contributed by atoms with Crippen molar-refractivity contribution in [1.82, 2.24) is 9.78 Å². The molecule has 0 amide bonds. The Morgan fingerprint density at radius 1 is 1.35 bits per heavy atom. The summed E-state index contributed by atoms with van der Waals surface area (Å²) in [5.41, 5.74) is 10.6. The van der Waals surface area contributed by atoms with Crippen molar-refractivity contribution >= 4 is 11.5 Å². The van der Waals surface area contributed by atoms with Gasteiger partial charge in [-0.25, -0.2) is 0 Å². The smallest absolute Gasteiger partial charge is 0.150 e. The van der Waals surface area contributed by atoms with Crippen LogP contribution in [0, 0.1) is 6.92 Å². The van der Waals surface area contributed by atoms with Gasteiger partial charge in [-0.2, -0.15) is 5.10 Å². The summed E-state index contributed by atoms with van der Waals surface area (Å²) in [7, 11) is 4.02. The van der Waals surface area contributed by atoms with E-state index in [4.69, 9.17) is 5.73 Å². The quantitative estimate of drug-likeness (QED) is 0.910. The molecule has 1 aromatic heterocycles. The zero-order valence-corrected chi connectivity index (χ0v) is 12.8. The highest BCUT2D eigenvalue weighted by Gasteiger charge is 2.16. The molecule has 4 heteroatoms. The molecule has 1 aromatic carbocycles. The van der Waals surface area contributed by atoms with Crippen LogP contribution in [0.25, 0.3) is 0 Å². The fraction of sp³-hybridized carbons (Fsp3) is 0.438. The first-order valence-corrected chi connectivity index (χ1v) is 7.11. The molecule has 1 heterocycles. The summed E-state index contributed by atoms with van der Waals surface area (Å²) in [4.78, 5) is 2.16. The number of nitrogens with zero attached hydrogens (tertiary/aromatic N) is 3. The highest BCUT2D eigenvalue weighted by molar-refractivity contribution is 5.66. The summed E-state index contributed by atoms with van der Waals surface area (Å²) < 4.78 is 1.89. The minimum Gasteiger partial charge on any atom is -0.394 e. The number of aromatic nitrogens is 2. The normalized spacial score (nSPS) is 10.8. The maximum absolute atomic E-state index is 6.25. The van der Waals surface area contributed by atoms with Crippen LogP contribution in [-0.4, -0.2) is 16.8 Å². The van der Waals surface area contributed by atoms with Gasteiger partial charge in [0.1, 0.15) is 5.82 Å². The molecule has 2 aromatic rings. The summed E-state index contributed by atoms with van der Waals surface area (Å²) in [5, 5.41) is 4.53. The summed E-state index contributed by atoms with van der Waals surface area (Å²) in [6, 6.07) is 8.55. The molecule has 4 nitrogen and oxygen atoms in total. The first kappa shape index (κ1) is 14.4. The van der Waals surface area contributed by atoms with Crippen molar-refractivity contribution in [3.05, 3.63) is 41.1 Å². The molecular formula is C16H24N4. The molecule has 2 N–H and O–H groups in total. The Morgan fingerprint density at radius 3 is 2.75 bits per heavy atom. The molecule has 0 atom stereocenters. The molecule has 0 radical (unpaired) electrons. The van der Waals surface area contributed by atoms with Crippen LogP contribution < -0.4 is 10.6 Å². The topological polar surface area (TPSA) is 47.1 Å². The van der Waals surface area contributed by atoms with Crippen LogP contribution in [0.15, 0.2) is 24.3 Å². The third-order valence-corrected chi connectivity index (χ3v) is 3.48. The molecule has 0 fully saturated rings. The number of aryl methyl sites for hydroxylation is 3. The monoisotopic (exact) mass is 272 g/mol. The van der Waals surface area contributed by atoms with E-state index in [2.05, 4.69) is 55.2 Å². The Balaban J connectivity index is 2.23. The third-order valence-electron chi connectivity index (χ3n) is 3.48. The lowest BCUT2D eigenvalue weighted by molar-refractivity contribution is 0.712. The summed E-state index contributed by atoms with van der Waals surface area (Å²) in [6.45, 7) is 5.09. The van der Waals surface area contributed by atoms with Crippen LogP contribution in [0.4, 0.5) is 11.5 Å². The SMILES string of the molecule is CCCc1nn(C)c(N(C)Cc2cccc(C)c2)c1N. The standard InChI is InChI=1S/C16H24N4/c1-5-7-14-15(17)16(20(4)18-14)19(3)11-13-9-6-8-12(2)10-13/h6,8-10H,5,7,11,17H2,1-4H3. The van der Waals surface area contributed by atoms with Crippen molar-refractivity contribution in [3.8, 4) is 0 Å². The molecule has 2 rings (SSSR count). The Labute approximate surface area is 121 Å². The van der Waals surface area contributed by atoms with E-state index in [1.165, 1.54) is 11.1 Å². The Bertz CT molecular complexity index is 586. The average Bonchev–Trinajstić information content (AvgIpc) is 2.65. The number of nitrogen functional groups attached to an aromatic ring is 1. The molecule has 0 bridgehead atoms. The van der Waals surface area contributed by atoms with Crippen molar-refractivity contribution in [3.63, 3.8) is 0 Å². The van der Waals surface area contributed by atoms with E-state index in [1.54, 1.807) is 0 Å². The van der Waals surface area contributed by atoms with Gasteiger partial charge in [0.05, 0.1) is 11.4 Å². The van der Waals surface area contributed by atoms with E-state index in [9.17, 15) is 0 Å². The first-order chi connectivity index (χ1) is 9.52.